The lowest BCUT2D eigenvalue weighted by atomic mass is 10.1. The predicted molar refractivity (Wildman–Crippen MR) is 130 cm³/mol. The third kappa shape index (κ3) is 4.22. The number of benzene rings is 2. The molecule has 0 saturated heterocycles. The first-order valence-corrected chi connectivity index (χ1v) is 10.8. The van der Waals surface area contributed by atoms with Crippen molar-refractivity contribution in [3.63, 3.8) is 0 Å². The number of anilines is 2. The number of carbonyl (C=O) groups excluding carboxylic acids is 1. The summed E-state index contributed by atoms with van der Waals surface area (Å²) in [6.45, 7) is 0. The van der Waals surface area contributed by atoms with Gasteiger partial charge in [-0.15, -0.1) is 11.3 Å². The van der Waals surface area contributed by atoms with E-state index in [4.69, 9.17) is 29.7 Å². The van der Waals surface area contributed by atoms with Gasteiger partial charge in [-0.05, 0) is 42.5 Å². The largest absolute Gasteiger partial charge is 0.497 e. The highest BCUT2D eigenvalue weighted by Gasteiger charge is 2.20. The molecule has 8 nitrogen and oxygen atoms in total. The Morgan fingerprint density at radius 1 is 0.879 bits per heavy atom. The van der Waals surface area contributed by atoms with Gasteiger partial charge in [-0.3, -0.25) is 4.79 Å². The summed E-state index contributed by atoms with van der Waals surface area (Å²) in [5.41, 5.74) is 8.75. The number of hydrogen-bond acceptors (Lipinski definition) is 8. The second-order valence-corrected chi connectivity index (χ2v) is 7.98. The maximum absolute atomic E-state index is 13.0. The second-order valence-electron chi connectivity index (χ2n) is 6.98. The summed E-state index contributed by atoms with van der Waals surface area (Å²) in [6.07, 6.45) is 0. The third-order valence-corrected chi connectivity index (χ3v) is 6.25. The van der Waals surface area contributed by atoms with Crippen LogP contribution in [0, 0.1) is 0 Å². The first-order valence-electron chi connectivity index (χ1n) is 9.93. The second kappa shape index (κ2) is 9.25. The van der Waals surface area contributed by atoms with Crippen LogP contribution in [-0.2, 0) is 0 Å². The van der Waals surface area contributed by atoms with E-state index >= 15 is 0 Å². The summed E-state index contributed by atoms with van der Waals surface area (Å²) < 4.78 is 21.3. The molecule has 2 aromatic carbocycles. The third-order valence-electron chi connectivity index (χ3n) is 5.13. The molecule has 3 N–H and O–H groups in total. The molecule has 0 unspecified atom stereocenters. The Morgan fingerprint density at radius 3 is 2.30 bits per heavy atom. The lowest BCUT2D eigenvalue weighted by Crippen LogP contribution is -2.12. The number of fused-ring (bicyclic) bond motifs is 1. The monoisotopic (exact) mass is 465 g/mol. The van der Waals surface area contributed by atoms with E-state index in [-0.39, 0.29) is 5.91 Å². The topological polar surface area (TPSA) is 105 Å². The van der Waals surface area contributed by atoms with Crippen LogP contribution in [0.15, 0.2) is 48.5 Å². The normalized spacial score (nSPS) is 10.7. The van der Waals surface area contributed by atoms with Gasteiger partial charge >= 0.3 is 0 Å². The van der Waals surface area contributed by atoms with Crippen molar-refractivity contribution in [2.45, 2.75) is 0 Å². The van der Waals surface area contributed by atoms with Gasteiger partial charge < -0.3 is 30.0 Å². The minimum atomic E-state index is -0.352. The van der Waals surface area contributed by atoms with Crippen molar-refractivity contribution < 1.29 is 23.7 Å². The van der Waals surface area contributed by atoms with Crippen molar-refractivity contribution in [2.24, 2.45) is 0 Å². The van der Waals surface area contributed by atoms with Crippen LogP contribution in [0.5, 0.6) is 23.0 Å². The van der Waals surface area contributed by atoms with E-state index in [0.717, 1.165) is 11.3 Å². The number of ether oxygens (including phenoxy) is 4. The molecule has 2 aromatic heterocycles. The Labute approximate surface area is 194 Å². The highest BCUT2D eigenvalue weighted by molar-refractivity contribution is 7.21. The van der Waals surface area contributed by atoms with Crippen LogP contribution in [0.2, 0.25) is 0 Å². The van der Waals surface area contributed by atoms with Gasteiger partial charge in [-0.2, -0.15) is 0 Å². The summed E-state index contributed by atoms with van der Waals surface area (Å²) >= 11 is 1.22. The number of rotatable bonds is 7. The zero-order valence-corrected chi connectivity index (χ0v) is 19.4. The molecule has 4 rings (SSSR count). The van der Waals surface area contributed by atoms with Crippen molar-refractivity contribution >= 4 is 38.8 Å². The van der Waals surface area contributed by atoms with Crippen LogP contribution in [-0.4, -0.2) is 39.3 Å². The Morgan fingerprint density at radius 2 is 1.61 bits per heavy atom. The van der Waals surface area contributed by atoms with Gasteiger partial charge in [0, 0.05) is 17.0 Å². The van der Waals surface area contributed by atoms with Crippen LogP contribution in [0.4, 0.5) is 11.4 Å². The van der Waals surface area contributed by atoms with E-state index in [9.17, 15) is 4.79 Å². The van der Waals surface area contributed by atoms with E-state index in [1.165, 1.54) is 18.4 Å². The highest BCUT2D eigenvalue weighted by atomic mass is 32.1. The maximum Gasteiger partial charge on any atom is 0.268 e. The molecule has 0 aliphatic carbocycles. The van der Waals surface area contributed by atoms with Crippen LogP contribution >= 0.6 is 11.3 Å². The van der Waals surface area contributed by atoms with E-state index < -0.39 is 0 Å². The molecule has 0 aliphatic rings. The minimum absolute atomic E-state index is 0.352. The molecule has 0 bridgehead atoms. The van der Waals surface area contributed by atoms with Crippen LogP contribution in [0.25, 0.3) is 21.5 Å². The number of nitrogen functional groups attached to an aromatic ring is 1. The molecule has 0 atom stereocenters. The predicted octanol–water partition coefficient (Wildman–Crippen LogP) is 4.83. The summed E-state index contributed by atoms with van der Waals surface area (Å²) in [7, 11) is 6.26. The highest BCUT2D eigenvalue weighted by Crippen LogP contribution is 2.37. The fourth-order valence-electron chi connectivity index (χ4n) is 3.41. The molecule has 0 aliphatic heterocycles. The Hall–Kier alpha value is -3.98. The molecule has 4 aromatic rings. The Kier molecular flexibility index (Phi) is 6.23. The number of hydrogen-bond donors (Lipinski definition) is 2. The minimum Gasteiger partial charge on any atom is -0.497 e. The summed E-state index contributed by atoms with van der Waals surface area (Å²) in [4.78, 5) is 18.8. The summed E-state index contributed by atoms with van der Waals surface area (Å²) in [6, 6.07) is 14.5. The van der Waals surface area contributed by atoms with Crippen molar-refractivity contribution in [3.8, 4) is 34.3 Å². The maximum atomic E-state index is 13.0. The Bertz CT molecular complexity index is 1340. The van der Waals surface area contributed by atoms with Crippen molar-refractivity contribution in [3.05, 3.63) is 53.4 Å². The number of nitrogens with one attached hydrogen (secondary N) is 1. The van der Waals surface area contributed by atoms with Gasteiger partial charge in [0.15, 0.2) is 11.5 Å². The number of methoxy groups -OCH3 is 4. The number of nitrogens with zero attached hydrogens (tertiary/aromatic N) is 1. The fraction of sp³-hybridized carbons (Fsp3) is 0.167. The van der Waals surface area contributed by atoms with Gasteiger partial charge in [0.2, 0.25) is 0 Å². The van der Waals surface area contributed by atoms with Crippen molar-refractivity contribution in [1.29, 1.82) is 0 Å². The van der Waals surface area contributed by atoms with Crippen LogP contribution < -0.4 is 30.0 Å². The molecule has 33 heavy (non-hydrogen) atoms. The quantitative estimate of drug-likeness (QED) is 0.403. The number of aromatic nitrogens is 1. The molecular weight excluding hydrogens is 442 g/mol. The smallest absolute Gasteiger partial charge is 0.268 e. The van der Waals surface area contributed by atoms with E-state index in [1.807, 2.05) is 30.3 Å². The number of thiophene rings is 1. The molecule has 1 amide bonds. The lowest BCUT2D eigenvalue weighted by molar-refractivity contribution is 0.103. The van der Waals surface area contributed by atoms with Crippen LogP contribution in [0.3, 0.4) is 0 Å². The zero-order chi connectivity index (χ0) is 23.5. The van der Waals surface area contributed by atoms with Gasteiger partial charge in [-0.1, -0.05) is 0 Å². The van der Waals surface area contributed by atoms with Gasteiger partial charge in [0.05, 0.1) is 45.5 Å². The molecular formula is C24H23N3O5S. The van der Waals surface area contributed by atoms with E-state index in [1.54, 1.807) is 39.5 Å². The molecule has 170 valence electrons. The number of nitrogens with two attached hydrogens (primary N) is 1. The zero-order valence-electron chi connectivity index (χ0n) is 18.6. The fourth-order valence-corrected chi connectivity index (χ4v) is 4.40. The molecule has 0 fully saturated rings. The van der Waals surface area contributed by atoms with Crippen LogP contribution in [0.1, 0.15) is 9.67 Å². The van der Waals surface area contributed by atoms with Gasteiger partial charge in [0.1, 0.15) is 21.2 Å². The average molecular weight is 466 g/mol. The SMILES string of the molecule is COc1ccc(OC)c(NC(=O)c2sc3nc(-c4ccc(OC)c(OC)c4)ccc3c2N)c1. The number of amides is 1. The molecule has 2 heterocycles. The lowest BCUT2D eigenvalue weighted by Gasteiger charge is -2.11. The molecule has 0 spiro atoms. The van der Waals surface area contributed by atoms with E-state index in [2.05, 4.69) is 5.32 Å². The number of pyridine rings is 1. The molecule has 9 heteroatoms. The van der Waals surface area contributed by atoms with Gasteiger partial charge in [0.25, 0.3) is 5.91 Å². The summed E-state index contributed by atoms with van der Waals surface area (Å²) in [5.74, 6) is 1.99. The first-order chi connectivity index (χ1) is 16.0. The van der Waals surface area contributed by atoms with Crippen molar-refractivity contribution in [1.82, 2.24) is 4.98 Å². The molecule has 0 saturated carbocycles. The van der Waals surface area contributed by atoms with Crippen molar-refractivity contribution in [2.75, 3.05) is 39.5 Å². The Balaban J connectivity index is 1.68. The number of carbonyl (C=O) groups is 1. The standard InChI is InChI=1S/C24H23N3O5S/c1-29-14-6-10-18(30-2)17(12-14)26-23(28)22-21(25)15-7-8-16(27-24(15)33-22)13-5-9-19(31-3)20(11-13)32-4/h5-12H,25H2,1-4H3,(H,26,28). The summed E-state index contributed by atoms with van der Waals surface area (Å²) in [5, 5.41) is 3.57. The van der Waals surface area contributed by atoms with Gasteiger partial charge in [-0.25, -0.2) is 4.98 Å². The molecule has 0 radical (unpaired) electrons. The first kappa shape index (κ1) is 22.2. The van der Waals surface area contributed by atoms with E-state index in [0.29, 0.717) is 49.5 Å². The average Bonchev–Trinajstić information content (AvgIpc) is 3.19.